The first-order valence-electron chi connectivity index (χ1n) is 5.55. The van der Waals surface area contributed by atoms with E-state index in [1.54, 1.807) is 18.5 Å². The molecule has 0 saturated carbocycles. The molecular weight excluding hydrogens is 217 g/mol. The first-order chi connectivity index (χ1) is 8.29. The second-order valence-electron chi connectivity index (χ2n) is 4.00. The molecule has 1 N–H and O–H groups in total. The molecule has 88 valence electrons. The summed E-state index contributed by atoms with van der Waals surface area (Å²) >= 11 is 0. The number of halogens is 1. The maximum absolute atomic E-state index is 13.1. The summed E-state index contributed by atoms with van der Waals surface area (Å²) in [4.78, 5) is 4.03. The van der Waals surface area contributed by atoms with Gasteiger partial charge in [0.25, 0.3) is 0 Å². The van der Waals surface area contributed by atoms with E-state index in [9.17, 15) is 9.50 Å². The molecule has 0 fully saturated rings. The molecule has 0 radical (unpaired) electrons. The third-order valence-electron chi connectivity index (χ3n) is 2.75. The van der Waals surface area contributed by atoms with Gasteiger partial charge in [0.1, 0.15) is 5.82 Å². The molecule has 3 heteroatoms. The molecule has 1 atom stereocenters. The Morgan fingerprint density at radius 3 is 2.76 bits per heavy atom. The molecule has 1 heterocycles. The van der Waals surface area contributed by atoms with Crippen molar-refractivity contribution in [3.8, 4) is 0 Å². The van der Waals surface area contributed by atoms with Crippen molar-refractivity contribution in [3.63, 3.8) is 0 Å². The second kappa shape index (κ2) is 5.55. The van der Waals surface area contributed by atoms with Crippen molar-refractivity contribution in [2.45, 2.75) is 12.3 Å². The quantitative estimate of drug-likeness (QED) is 0.877. The van der Waals surface area contributed by atoms with E-state index in [-0.39, 0.29) is 18.3 Å². The van der Waals surface area contributed by atoms with Crippen LogP contribution in [0.4, 0.5) is 4.39 Å². The van der Waals surface area contributed by atoms with Gasteiger partial charge in [-0.2, -0.15) is 0 Å². The standard InChI is InChI=1S/C14H14FNO/c15-14-5-1-4-12(8-14)13(10-17)7-11-3-2-6-16-9-11/h1-6,8-9,13,17H,7,10H2. The molecule has 2 nitrogen and oxygen atoms in total. The number of nitrogens with zero attached hydrogens (tertiary/aromatic N) is 1. The minimum atomic E-state index is -0.271. The highest BCUT2D eigenvalue weighted by Crippen LogP contribution is 2.20. The summed E-state index contributed by atoms with van der Waals surface area (Å²) < 4.78 is 13.1. The molecule has 0 aliphatic rings. The molecule has 1 aromatic carbocycles. The lowest BCUT2D eigenvalue weighted by Gasteiger charge is -2.14. The predicted octanol–water partition coefficient (Wildman–Crippen LogP) is 2.54. The van der Waals surface area contributed by atoms with E-state index in [4.69, 9.17) is 0 Å². The molecule has 1 unspecified atom stereocenters. The Morgan fingerprint density at radius 2 is 2.12 bits per heavy atom. The number of pyridine rings is 1. The third kappa shape index (κ3) is 3.11. The smallest absolute Gasteiger partial charge is 0.123 e. The molecular formula is C14H14FNO. The summed E-state index contributed by atoms with van der Waals surface area (Å²) in [5, 5.41) is 9.39. The van der Waals surface area contributed by atoms with Gasteiger partial charge in [0.15, 0.2) is 0 Å². The van der Waals surface area contributed by atoms with Gasteiger partial charge >= 0.3 is 0 Å². The third-order valence-corrected chi connectivity index (χ3v) is 2.75. The van der Waals surface area contributed by atoms with Crippen molar-refractivity contribution in [2.24, 2.45) is 0 Å². The summed E-state index contributed by atoms with van der Waals surface area (Å²) in [7, 11) is 0. The Morgan fingerprint density at radius 1 is 1.24 bits per heavy atom. The lowest BCUT2D eigenvalue weighted by atomic mass is 9.93. The van der Waals surface area contributed by atoms with Crippen LogP contribution in [-0.4, -0.2) is 16.7 Å². The van der Waals surface area contributed by atoms with Crippen LogP contribution in [0.1, 0.15) is 17.0 Å². The van der Waals surface area contributed by atoms with Crippen LogP contribution >= 0.6 is 0 Å². The highest BCUT2D eigenvalue weighted by molar-refractivity contribution is 5.23. The van der Waals surface area contributed by atoms with Gasteiger partial charge in [-0.3, -0.25) is 4.98 Å². The van der Waals surface area contributed by atoms with E-state index in [1.807, 2.05) is 18.2 Å². The minimum Gasteiger partial charge on any atom is -0.396 e. The van der Waals surface area contributed by atoms with Crippen LogP contribution in [0.5, 0.6) is 0 Å². The number of hydrogen-bond donors (Lipinski definition) is 1. The molecule has 1 aromatic heterocycles. The zero-order valence-corrected chi connectivity index (χ0v) is 9.38. The molecule has 0 aliphatic carbocycles. The second-order valence-corrected chi connectivity index (χ2v) is 4.00. The topological polar surface area (TPSA) is 33.1 Å². The maximum atomic E-state index is 13.1. The molecule has 0 aliphatic heterocycles. The normalized spacial score (nSPS) is 12.4. The van der Waals surface area contributed by atoms with Gasteiger partial charge in [-0.05, 0) is 35.7 Å². The summed E-state index contributed by atoms with van der Waals surface area (Å²) in [6.07, 6.45) is 4.13. The summed E-state index contributed by atoms with van der Waals surface area (Å²) in [6.45, 7) is -0.00164. The molecule has 0 saturated heterocycles. The molecule has 0 bridgehead atoms. The van der Waals surface area contributed by atoms with E-state index in [0.717, 1.165) is 11.1 Å². The molecule has 2 rings (SSSR count). The first kappa shape index (κ1) is 11.7. The number of aliphatic hydroxyl groups excluding tert-OH is 1. The van der Waals surface area contributed by atoms with Gasteiger partial charge < -0.3 is 5.11 Å². The lowest BCUT2D eigenvalue weighted by Crippen LogP contribution is -2.08. The molecule has 17 heavy (non-hydrogen) atoms. The van der Waals surface area contributed by atoms with E-state index < -0.39 is 0 Å². The fraction of sp³-hybridized carbons (Fsp3) is 0.214. The molecule has 2 aromatic rings. The zero-order chi connectivity index (χ0) is 12.1. The van der Waals surface area contributed by atoms with Gasteiger partial charge in [-0.15, -0.1) is 0 Å². The zero-order valence-electron chi connectivity index (χ0n) is 9.38. The SMILES string of the molecule is OCC(Cc1cccnc1)c1cccc(F)c1. The van der Waals surface area contributed by atoms with Crippen molar-refractivity contribution in [3.05, 3.63) is 65.7 Å². The van der Waals surface area contributed by atoms with Crippen molar-refractivity contribution in [1.29, 1.82) is 0 Å². The summed E-state index contributed by atoms with van der Waals surface area (Å²) in [5.74, 6) is -0.359. The summed E-state index contributed by atoms with van der Waals surface area (Å²) in [5.41, 5.74) is 1.85. The number of rotatable bonds is 4. The molecule has 0 spiro atoms. The van der Waals surface area contributed by atoms with E-state index in [2.05, 4.69) is 4.98 Å². The Balaban J connectivity index is 2.17. The first-order valence-corrected chi connectivity index (χ1v) is 5.55. The van der Waals surface area contributed by atoms with Crippen molar-refractivity contribution >= 4 is 0 Å². The number of benzene rings is 1. The van der Waals surface area contributed by atoms with Crippen LogP contribution in [0.15, 0.2) is 48.8 Å². The van der Waals surface area contributed by atoms with Crippen LogP contribution in [0.3, 0.4) is 0 Å². The van der Waals surface area contributed by atoms with Gasteiger partial charge in [0.05, 0.1) is 6.61 Å². The Bertz CT molecular complexity index is 473. The highest BCUT2D eigenvalue weighted by atomic mass is 19.1. The van der Waals surface area contributed by atoms with Crippen LogP contribution < -0.4 is 0 Å². The monoisotopic (exact) mass is 231 g/mol. The average molecular weight is 231 g/mol. The van der Waals surface area contributed by atoms with Crippen LogP contribution in [-0.2, 0) is 6.42 Å². The Labute approximate surface area is 99.8 Å². The maximum Gasteiger partial charge on any atom is 0.123 e. The predicted molar refractivity (Wildman–Crippen MR) is 64.2 cm³/mol. The largest absolute Gasteiger partial charge is 0.396 e. The van der Waals surface area contributed by atoms with E-state index >= 15 is 0 Å². The van der Waals surface area contributed by atoms with Gasteiger partial charge in [-0.1, -0.05) is 18.2 Å². The van der Waals surface area contributed by atoms with Crippen LogP contribution in [0.25, 0.3) is 0 Å². The van der Waals surface area contributed by atoms with Crippen molar-refractivity contribution < 1.29 is 9.50 Å². The Hall–Kier alpha value is -1.74. The number of aromatic nitrogens is 1. The van der Waals surface area contributed by atoms with E-state index in [1.165, 1.54) is 12.1 Å². The van der Waals surface area contributed by atoms with Crippen molar-refractivity contribution in [1.82, 2.24) is 4.98 Å². The number of hydrogen-bond acceptors (Lipinski definition) is 2. The average Bonchev–Trinajstić information content (AvgIpc) is 2.37. The fourth-order valence-corrected chi connectivity index (χ4v) is 1.85. The minimum absolute atomic E-state index is 0.00164. The number of aliphatic hydroxyl groups is 1. The molecule has 0 amide bonds. The Kier molecular flexibility index (Phi) is 3.83. The fourth-order valence-electron chi connectivity index (χ4n) is 1.85. The van der Waals surface area contributed by atoms with Gasteiger partial charge in [0, 0.05) is 18.3 Å². The summed E-state index contributed by atoms with van der Waals surface area (Å²) in [6, 6.07) is 10.2. The van der Waals surface area contributed by atoms with E-state index in [0.29, 0.717) is 6.42 Å². The highest BCUT2D eigenvalue weighted by Gasteiger charge is 2.11. The van der Waals surface area contributed by atoms with Gasteiger partial charge in [0.2, 0.25) is 0 Å². The van der Waals surface area contributed by atoms with Crippen LogP contribution in [0, 0.1) is 5.82 Å². The van der Waals surface area contributed by atoms with Crippen molar-refractivity contribution in [2.75, 3.05) is 6.61 Å². The van der Waals surface area contributed by atoms with Crippen LogP contribution in [0.2, 0.25) is 0 Å². The lowest BCUT2D eigenvalue weighted by molar-refractivity contribution is 0.264. The van der Waals surface area contributed by atoms with Gasteiger partial charge in [-0.25, -0.2) is 4.39 Å².